The Kier molecular flexibility index (Phi) is 5.41. The van der Waals surface area contributed by atoms with Gasteiger partial charge in [-0.2, -0.15) is 4.31 Å². The number of rotatable bonds is 4. The SMILES string of the molecule is Cc1cccc(NC(=O)c2ccc(S(=O)(=O)N3CCOCC3C)cc2)c1. The molecule has 0 spiro atoms. The second-order valence-corrected chi connectivity index (χ2v) is 8.28. The molecular formula is C19H22N2O4S. The minimum Gasteiger partial charge on any atom is -0.378 e. The maximum absolute atomic E-state index is 12.8. The van der Waals surface area contributed by atoms with Gasteiger partial charge in [-0.15, -0.1) is 0 Å². The summed E-state index contributed by atoms with van der Waals surface area (Å²) in [6.07, 6.45) is 0. The summed E-state index contributed by atoms with van der Waals surface area (Å²) in [6, 6.07) is 13.3. The van der Waals surface area contributed by atoms with Gasteiger partial charge >= 0.3 is 0 Å². The van der Waals surface area contributed by atoms with Crippen molar-refractivity contribution in [1.82, 2.24) is 4.31 Å². The maximum atomic E-state index is 12.8. The number of nitrogens with zero attached hydrogens (tertiary/aromatic N) is 1. The van der Waals surface area contributed by atoms with Crippen molar-refractivity contribution in [2.45, 2.75) is 24.8 Å². The Morgan fingerprint density at radius 3 is 2.58 bits per heavy atom. The molecule has 2 aromatic carbocycles. The Labute approximate surface area is 153 Å². The molecule has 1 fully saturated rings. The minimum atomic E-state index is -3.60. The Morgan fingerprint density at radius 1 is 1.19 bits per heavy atom. The molecule has 0 saturated carbocycles. The van der Waals surface area contributed by atoms with Crippen LogP contribution >= 0.6 is 0 Å². The van der Waals surface area contributed by atoms with Gasteiger partial charge < -0.3 is 10.1 Å². The van der Waals surface area contributed by atoms with E-state index in [-0.39, 0.29) is 16.8 Å². The van der Waals surface area contributed by atoms with Gasteiger partial charge in [0, 0.05) is 23.8 Å². The van der Waals surface area contributed by atoms with E-state index in [9.17, 15) is 13.2 Å². The highest BCUT2D eigenvalue weighted by Crippen LogP contribution is 2.21. The van der Waals surface area contributed by atoms with E-state index < -0.39 is 10.0 Å². The number of amides is 1. The molecule has 26 heavy (non-hydrogen) atoms. The van der Waals surface area contributed by atoms with Crippen LogP contribution in [-0.4, -0.2) is 44.4 Å². The Bertz CT molecular complexity index is 894. The molecule has 1 unspecified atom stereocenters. The van der Waals surface area contributed by atoms with E-state index in [1.165, 1.54) is 28.6 Å². The second kappa shape index (κ2) is 7.57. The lowest BCUT2D eigenvalue weighted by molar-refractivity contribution is 0.0393. The smallest absolute Gasteiger partial charge is 0.255 e. The van der Waals surface area contributed by atoms with Crippen molar-refractivity contribution in [3.05, 3.63) is 59.7 Å². The second-order valence-electron chi connectivity index (χ2n) is 6.39. The van der Waals surface area contributed by atoms with E-state index in [1.807, 2.05) is 38.1 Å². The van der Waals surface area contributed by atoms with Crippen molar-refractivity contribution < 1.29 is 17.9 Å². The van der Waals surface area contributed by atoms with Gasteiger partial charge in [0.1, 0.15) is 0 Å². The van der Waals surface area contributed by atoms with Gasteiger partial charge in [-0.1, -0.05) is 12.1 Å². The molecule has 1 aliphatic heterocycles. The summed E-state index contributed by atoms with van der Waals surface area (Å²) in [6.45, 7) is 4.87. The number of hydrogen-bond donors (Lipinski definition) is 1. The molecule has 1 saturated heterocycles. The number of aryl methyl sites for hydroxylation is 1. The molecule has 3 rings (SSSR count). The molecule has 2 aromatic rings. The first-order valence-corrected chi connectivity index (χ1v) is 9.89. The van der Waals surface area contributed by atoms with Crippen molar-refractivity contribution in [3.8, 4) is 0 Å². The van der Waals surface area contributed by atoms with Gasteiger partial charge in [0.2, 0.25) is 10.0 Å². The summed E-state index contributed by atoms with van der Waals surface area (Å²) < 4.78 is 32.3. The molecule has 0 aromatic heterocycles. The quantitative estimate of drug-likeness (QED) is 0.893. The normalized spacial score (nSPS) is 18.5. The van der Waals surface area contributed by atoms with Crippen LogP contribution in [0.3, 0.4) is 0 Å². The fourth-order valence-corrected chi connectivity index (χ4v) is 4.51. The molecule has 1 heterocycles. The van der Waals surface area contributed by atoms with Crippen LogP contribution in [0, 0.1) is 6.92 Å². The number of nitrogens with one attached hydrogen (secondary N) is 1. The van der Waals surface area contributed by atoms with E-state index >= 15 is 0 Å². The van der Waals surface area contributed by atoms with Crippen LogP contribution in [0.2, 0.25) is 0 Å². The van der Waals surface area contributed by atoms with Crippen LogP contribution < -0.4 is 5.32 Å². The summed E-state index contributed by atoms with van der Waals surface area (Å²) in [4.78, 5) is 12.5. The van der Waals surface area contributed by atoms with Gasteiger partial charge in [0.05, 0.1) is 18.1 Å². The van der Waals surface area contributed by atoms with Crippen molar-refractivity contribution in [1.29, 1.82) is 0 Å². The standard InChI is InChI=1S/C19H22N2O4S/c1-14-4-3-5-17(12-14)20-19(22)16-6-8-18(9-7-16)26(23,24)21-10-11-25-13-15(21)2/h3-9,12,15H,10-11,13H2,1-2H3,(H,20,22). The first-order valence-electron chi connectivity index (χ1n) is 8.45. The highest BCUT2D eigenvalue weighted by atomic mass is 32.2. The number of hydrogen-bond acceptors (Lipinski definition) is 4. The molecule has 0 radical (unpaired) electrons. The topological polar surface area (TPSA) is 75.7 Å². The number of morpholine rings is 1. The van der Waals surface area contributed by atoms with Gasteiger partial charge in [0.25, 0.3) is 5.91 Å². The van der Waals surface area contributed by atoms with Crippen LogP contribution in [0.5, 0.6) is 0 Å². The molecule has 1 N–H and O–H groups in total. The lowest BCUT2D eigenvalue weighted by atomic mass is 10.2. The summed E-state index contributed by atoms with van der Waals surface area (Å²) in [5.41, 5.74) is 2.15. The number of anilines is 1. The minimum absolute atomic E-state index is 0.179. The van der Waals surface area contributed by atoms with E-state index in [2.05, 4.69) is 5.32 Å². The third-order valence-electron chi connectivity index (χ3n) is 4.31. The largest absolute Gasteiger partial charge is 0.378 e. The predicted molar refractivity (Wildman–Crippen MR) is 99.7 cm³/mol. The Morgan fingerprint density at radius 2 is 1.92 bits per heavy atom. The van der Waals surface area contributed by atoms with Crippen LogP contribution in [0.1, 0.15) is 22.8 Å². The van der Waals surface area contributed by atoms with Crippen LogP contribution in [-0.2, 0) is 14.8 Å². The zero-order valence-electron chi connectivity index (χ0n) is 14.8. The lowest BCUT2D eigenvalue weighted by Gasteiger charge is -2.32. The van der Waals surface area contributed by atoms with Crippen LogP contribution in [0.15, 0.2) is 53.4 Å². The molecule has 138 valence electrons. The fraction of sp³-hybridized carbons (Fsp3) is 0.316. The molecule has 1 atom stereocenters. The third kappa shape index (κ3) is 3.95. The van der Waals surface area contributed by atoms with Crippen molar-refractivity contribution >= 4 is 21.6 Å². The maximum Gasteiger partial charge on any atom is 0.255 e. The summed E-state index contributed by atoms with van der Waals surface area (Å²) in [5.74, 6) is -0.278. The van der Waals surface area contributed by atoms with Crippen molar-refractivity contribution in [2.75, 3.05) is 25.1 Å². The highest BCUT2D eigenvalue weighted by Gasteiger charge is 2.31. The third-order valence-corrected chi connectivity index (χ3v) is 6.33. The van der Waals surface area contributed by atoms with Crippen molar-refractivity contribution in [3.63, 3.8) is 0 Å². The molecule has 0 aliphatic carbocycles. The van der Waals surface area contributed by atoms with Gasteiger partial charge in [-0.3, -0.25) is 4.79 Å². The van der Waals surface area contributed by atoms with Gasteiger partial charge in [-0.05, 0) is 55.8 Å². The van der Waals surface area contributed by atoms with E-state index in [1.54, 1.807) is 0 Å². The summed E-state index contributed by atoms with van der Waals surface area (Å²) in [5, 5.41) is 2.81. The first kappa shape index (κ1) is 18.6. The number of carbonyl (C=O) groups excluding carboxylic acids is 1. The van der Waals surface area contributed by atoms with E-state index in [4.69, 9.17) is 4.74 Å². The monoisotopic (exact) mass is 374 g/mol. The molecule has 0 bridgehead atoms. The lowest BCUT2D eigenvalue weighted by Crippen LogP contribution is -2.46. The molecule has 1 aliphatic rings. The zero-order chi connectivity index (χ0) is 18.7. The average molecular weight is 374 g/mol. The number of sulfonamides is 1. The Hall–Kier alpha value is -2.22. The molecule has 6 nitrogen and oxygen atoms in total. The summed E-state index contributed by atoms with van der Waals surface area (Å²) >= 11 is 0. The predicted octanol–water partition coefficient (Wildman–Crippen LogP) is 2.66. The number of benzene rings is 2. The first-order chi connectivity index (χ1) is 12.4. The Balaban J connectivity index is 1.76. The molecule has 7 heteroatoms. The molecular weight excluding hydrogens is 352 g/mol. The van der Waals surface area contributed by atoms with Gasteiger partial charge in [0.15, 0.2) is 0 Å². The van der Waals surface area contributed by atoms with Crippen LogP contribution in [0.4, 0.5) is 5.69 Å². The fourth-order valence-electron chi connectivity index (χ4n) is 2.91. The number of carbonyl (C=O) groups is 1. The zero-order valence-corrected chi connectivity index (χ0v) is 15.6. The number of ether oxygens (including phenoxy) is 1. The van der Waals surface area contributed by atoms with Gasteiger partial charge in [-0.25, -0.2) is 8.42 Å². The van der Waals surface area contributed by atoms with E-state index in [0.717, 1.165) is 5.56 Å². The average Bonchev–Trinajstić information content (AvgIpc) is 2.62. The molecule has 1 amide bonds. The van der Waals surface area contributed by atoms with Crippen molar-refractivity contribution in [2.24, 2.45) is 0 Å². The van der Waals surface area contributed by atoms with E-state index in [0.29, 0.717) is 31.0 Å². The highest BCUT2D eigenvalue weighted by molar-refractivity contribution is 7.89. The van der Waals surface area contributed by atoms with Crippen LogP contribution in [0.25, 0.3) is 0 Å². The summed E-state index contributed by atoms with van der Waals surface area (Å²) in [7, 11) is -3.60.